The standard InChI is InChI=1S/C14H13F2NO3S/c1-9-10(8-18)3-2-4-14(9)21(19,20)17-11-5-6-12(15)13(16)7-11/h2-7,17-18H,8H2,1H3. The van der Waals surface area contributed by atoms with Gasteiger partial charge in [-0.3, -0.25) is 4.72 Å². The first-order valence-electron chi connectivity index (χ1n) is 6.02. The van der Waals surface area contributed by atoms with Crippen LogP contribution in [0.2, 0.25) is 0 Å². The molecule has 2 N–H and O–H groups in total. The number of sulfonamides is 1. The molecule has 0 spiro atoms. The van der Waals surface area contributed by atoms with Gasteiger partial charge < -0.3 is 5.11 Å². The van der Waals surface area contributed by atoms with Gasteiger partial charge in [0.2, 0.25) is 0 Å². The van der Waals surface area contributed by atoms with Gasteiger partial charge in [-0.2, -0.15) is 0 Å². The maximum absolute atomic E-state index is 13.1. The van der Waals surface area contributed by atoms with E-state index >= 15 is 0 Å². The number of halogens is 2. The van der Waals surface area contributed by atoms with Crippen molar-refractivity contribution in [2.45, 2.75) is 18.4 Å². The fourth-order valence-electron chi connectivity index (χ4n) is 1.89. The van der Waals surface area contributed by atoms with Gasteiger partial charge in [-0.15, -0.1) is 0 Å². The van der Waals surface area contributed by atoms with Crippen LogP contribution in [0.5, 0.6) is 0 Å². The van der Waals surface area contributed by atoms with Crippen LogP contribution in [-0.2, 0) is 16.6 Å². The number of hydrogen-bond donors (Lipinski definition) is 2. The molecule has 0 unspecified atom stereocenters. The molecule has 2 rings (SSSR count). The quantitative estimate of drug-likeness (QED) is 0.911. The van der Waals surface area contributed by atoms with Crippen LogP contribution in [0, 0.1) is 18.6 Å². The second-order valence-electron chi connectivity index (χ2n) is 4.43. The Balaban J connectivity index is 2.41. The molecule has 112 valence electrons. The number of anilines is 1. The highest BCUT2D eigenvalue weighted by atomic mass is 32.2. The van der Waals surface area contributed by atoms with Crippen molar-refractivity contribution in [3.63, 3.8) is 0 Å². The van der Waals surface area contributed by atoms with Gasteiger partial charge in [-0.05, 0) is 36.2 Å². The first-order valence-corrected chi connectivity index (χ1v) is 7.50. The minimum absolute atomic E-state index is 0.0289. The van der Waals surface area contributed by atoms with E-state index in [0.29, 0.717) is 11.1 Å². The topological polar surface area (TPSA) is 66.4 Å². The normalized spacial score (nSPS) is 11.4. The maximum Gasteiger partial charge on any atom is 0.262 e. The molecule has 0 amide bonds. The average molecular weight is 313 g/mol. The van der Waals surface area contributed by atoms with E-state index in [0.717, 1.165) is 18.2 Å². The first kappa shape index (κ1) is 15.4. The monoisotopic (exact) mass is 313 g/mol. The lowest BCUT2D eigenvalue weighted by Crippen LogP contribution is -2.15. The van der Waals surface area contributed by atoms with Crippen molar-refractivity contribution in [2.75, 3.05) is 4.72 Å². The van der Waals surface area contributed by atoms with Crippen LogP contribution in [-0.4, -0.2) is 13.5 Å². The third-order valence-corrected chi connectivity index (χ3v) is 4.55. The minimum Gasteiger partial charge on any atom is -0.392 e. The molecule has 2 aromatic carbocycles. The number of nitrogens with one attached hydrogen (secondary N) is 1. The molecule has 0 atom stereocenters. The second kappa shape index (κ2) is 5.79. The number of benzene rings is 2. The summed E-state index contributed by atoms with van der Waals surface area (Å²) in [6, 6.07) is 7.20. The van der Waals surface area contributed by atoms with Crippen molar-refractivity contribution in [2.24, 2.45) is 0 Å². The summed E-state index contributed by atoms with van der Waals surface area (Å²) in [5.74, 6) is -2.20. The van der Waals surface area contributed by atoms with Crippen LogP contribution in [0.15, 0.2) is 41.3 Å². The highest BCUT2D eigenvalue weighted by Crippen LogP contribution is 2.22. The minimum atomic E-state index is -3.96. The Labute approximate surface area is 121 Å². The van der Waals surface area contributed by atoms with Gasteiger partial charge in [0.15, 0.2) is 11.6 Å². The number of aliphatic hydroxyl groups excluding tert-OH is 1. The summed E-state index contributed by atoms with van der Waals surface area (Å²) < 4.78 is 52.7. The largest absolute Gasteiger partial charge is 0.392 e. The zero-order valence-electron chi connectivity index (χ0n) is 11.1. The lowest BCUT2D eigenvalue weighted by Gasteiger charge is -2.12. The summed E-state index contributed by atoms with van der Waals surface area (Å²) in [6.07, 6.45) is 0. The summed E-state index contributed by atoms with van der Waals surface area (Å²) in [5.41, 5.74) is 0.793. The van der Waals surface area contributed by atoms with Crippen molar-refractivity contribution in [1.82, 2.24) is 0 Å². The van der Waals surface area contributed by atoms with Gasteiger partial charge >= 0.3 is 0 Å². The summed E-state index contributed by atoms with van der Waals surface area (Å²) in [4.78, 5) is -0.0289. The number of rotatable bonds is 4. The van der Waals surface area contributed by atoms with Crippen LogP contribution >= 0.6 is 0 Å². The molecule has 0 aliphatic rings. The molecule has 0 fully saturated rings. The summed E-state index contributed by atoms with van der Waals surface area (Å²) >= 11 is 0. The lowest BCUT2D eigenvalue weighted by atomic mass is 10.1. The Morgan fingerprint density at radius 3 is 2.48 bits per heavy atom. The highest BCUT2D eigenvalue weighted by molar-refractivity contribution is 7.92. The number of hydrogen-bond acceptors (Lipinski definition) is 3. The molecule has 0 aromatic heterocycles. The number of aliphatic hydroxyl groups is 1. The van der Waals surface area contributed by atoms with Gasteiger partial charge in [0.1, 0.15) is 0 Å². The summed E-state index contributed by atoms with van der Waals surface area (Å²) in [5, 5.41) is 9.16. The van der Waals surface area contributed by atoms with E-state index in [2.05, 4.69) is 4.72 Å². The van der Waals surface area contributed by atoms with Gasteiger partial charge in [0.05, 0.1) is 17.2 Å². The van der Waals surface area contributed by atoms with Crippen LogP contribution in [0.25, 0.3) is 0 Å². The van der Waals surface area contributed by atoms with E-state index in [1.165, 1.54) is 12.1 Å². The zero-order chi connectivity index (χ0) is 15.6. The smallest absolute Gasteiger partial charge is 0.262 e. The molecule has 0 saturated carbocycles. The Morgan fingerprint density at radius 2 is 1.86 bits per heavy atom. The third-order valence-electron chi connectivity index (χ3n) is 3.03. The van der Waals surface area contributed by atoms with Crippen molar-refractivity contribution < 1.29 is 22.3 Å². The second-order valence-corrected chi connectivity index (χ2v) is 6.08. The molecule has 21 heavy (non-hydrogen) atoms. The Bertz CT molecular complexity index is 776. The Morgan fingerprint density at radius 1 is 1.14 bits per heavy atom. The Hall–Kier alpha value is -1.99. The molecular formula is C14H13F2NO3S. The van der Waals surface area contributed by atoms with E-state index in [4.69, 9.17) is 5.11 Å². The molecule has 0 radical (unpaired) electrons. The molecule has 2 aromatic rings. The molecule has 7 heteroatoms. The van der Waals surface area contributed by atoms with Gasteiger partial charge in [0, 0.05) is 6.07 Å². The molecule has 0 bridgehead atoms. The molecule has 0 saturated heterocycles. The predicted octanol–water partition coefficient (Wildman–Crippen LogP) is 2.57. The van der Waals surface area contributed by atoms with Crippen molar-refractivity contribution in [3.05, 3.63) is 59.2 Å². The third kappa shape index (κ3) is 3.20. The first-order chi connectivity index (χ1) is 9.85. The fraction of sp³-hybridized carbons (Fsp3) is 0.143. The van der Waals surface area contributed by atoms with Gasteiger partial charge in [-0.1, -0.05) is 12.1 Å². The summed E-state index contributed by atoms with van der Waals surface area (Å²) in [6.45, 7) is 1.27. The molecular weight excluding hydrogens is 300 g/mol. The molecule has 0 heterocycles. The SMILES string of the molecule is Cc1c(CO)cccc1S(=O)(=O)Nc1ccc(F)c(F)c1. The van der Waals surface area contributed by atoms with Crippen LogP contribution in [0.4, 0.5) is 14.5 Å². The zero-order valence-corrected chi connectivity index (χ0v) is 11.9. The Kier molecular flexibility index (Phi) is 4.24. The highest BCUT2D eigenvalue weighted by Gasteiger charge is 2.19. The molecule has 4 nitrogen and oxygen atoms in total. The van der Waals surface area contributed by atoms with Crippen molar-refractivity contribution >= 4 is 15.7 Å². The van der Waals surface area contributed by atoms with Crippen LogP contribution < -0.4 is 4.72 Å². The van der Waals surface area contributed by atoms with Crippen molar-refractivity contribution in [3.8, 4) is 0 Å². The maximum atomic E-state index is 13.1. The van der Waals surface area contributed by atoms with Crippen molar-refractivity contribution in [1.29, 1.82) is 0 Å². The van der Waals surface area contributed by atoms with Gasteiger partial charge in [0.25, 0.3) is 10.0 Å². The van der Waals surface area contributed by atoms with E-state index in [1.54, 1.807) is 13.0 Å². The van der Waals surface area contributed by atoms with E-state index in [-0.39, 0.29) is 17.2 Å². The van der Waals surface area contributed by atoms with E-state index in [1.807, 2.05) is 0 Å². The predicted molar refractivity (Wildman–Crippen MR) is 74.3 cm³/mol. The molecule has 0 aliphatic carbocycles. The van der Waals surface area contributed by atoms with Gasteiger partial charge in [-0.25, -0.2) is 17.2 Å². The molecule has 0 aliphatic heterocycles. The van der Waals surface area contributed by atoms with Crippen LogP contribution in [0.1, 0.15) is 11.1 Å². The van der Waals surface area contributed by atoms with E-state index < -0.39 is 21.7 Å². The summed E-state index contributed by atoms with van der Waals surface area (Å²) in [7, 11) is -3.96. The van der Waals surface area contributed by atoms with Crippen LogP contribution in [0.3, 0.4) is 0 Å². The van der Waals surface area contributed by atoms with E-state index in [9.17, 15) is 17.2 Å². The lowest BCUT2D eigenvalue weighted by molar-refractivity contribution is 0.280. The average Bonchev–Trinajstić information content (AvgIpc) is 2.42. The fourth-order valence-corrected chi connectivity index (χ4v) is 3.23.